The third kappa shape index (κ3) is 7.37. The molecule has 0 fully saturated rings. The monoisotopic (exact) mass is 370 g/mol. The molecule has 0 spiro atoms. The third-order valence-corrected chi connectivity index (χ3v) is 3.14. The van der Waals surface area contributed by atoms with E-state index in [1.165, 1.54) is 12.1 Å². The number of aliphatic hydroxyl groups excluding tert-OH is 1. The Labute approximate surface area is 144 Å². The zero-order chi connectivity index (χ0) is 17.6. The Morgan fingerprint density at radius 1 is 1.38 bits per heavy atom. The fourth-order valence-electron chi connectivity index (χ4n) is 1.65. The summed E-state index contributed by atoms with van der Waals surface area (Å²) in [7, 11) is 0. The first-order chi connectivity index (χ1) is 10.6. The molecule has 0 aliphatic carbocycles. The van der Waals surface area contributed by atoms with Crippen LogP contribution in [-0.4, -0.2) is 36.3 Å². The van der Waals surface area contributed by atoms with E-state index in [1.54, 1.807) is 13.8 Å². The molecule has 2 atom stereocenters. The smallest absolute Gasteiger partial charge is 0.416 e. The highest BCUT2D eigenvalue weighted by molar-refractivity contribution is 5.85. The number of alkyl halides is 3. The Hall–Kier alpha value is -1.51. The van der Waals surface area contributed by atoms with Crippen molar-refractivity contribution in [1.29, 1.82) is 0 Å². The first-order valence-electron chi connectivity index (χ1n) is 7.12. The summed E-state index contributed by atoms with van der Waals surface area (Å²) in [6.45, 7) is 3.23. The van der Waals surface area contributed by atoms with Gasteiger partial charge in [-0.2, -0.15) is 13.2 Å². The first-order valence-corrected chi connectivity index (χ1v) is 7.12. The van der Waals surface area contributed by atoms with E-state index >= 15 is 0 Å². The topological polar surface area (TPSA) is 84.6 Å². The Bertz CT molecular complexity index is 527. The van der Waals surface area contributed by atoms with Gasteiger partial charge in [0.05, 0.1) is 11.6 Å². The summed E-state index contributed by atoms with van der Waals surface area (Å²) in [5, 5.41) is 12.2. The minimum absolute atomic E-state index is 0. The van der Waals surface area contributed by atoms with Crippen LogP contribution in [0.25, 0.3) is 0 Å². The highest BCUT2D eigenvalue weighted by atomic mass is 35.5. The zero-order valence-corrected chi connectivity index (χ0v) is 14.2. The van der Waals surface area contributed by atoms with Crippen LogP contribution in [0.1, 0.15) is 19.4 Å². The second kappa shape index (κ2) is 9.71. The van der Waals surface area contributed by atoms with Crippen LogP contribution in [0.3, 0.4) is 0 Å². The number of benzene rings is 1. The van der Waals surface area contributed by atoms with Gasteiger partial charge >= 0.3 is 6.18 Å². The molecule has 0 bridgehead atoms. The number of carbonyl (C=O) groups is 1. The van der Waals surface area contributed by atoms with E-state index in [0.717, 1.165) is 12.1 Å². The second-order valence-corrected chi connectivity index (χ2v) is 5.51. The maximum atomic E-state index is 12.6. The number of rotatable bonds is 7. The Morgan fingerprint density at radius 2 is 2.00 bits per heavy atom. The molecule has 0 aromatic heterocycles. The SMILES string of the molecule is CC(C)[C@H](N)C(=O)NCC(O)COc1cccc(C(F)(F)F)c1.Cl. The lowest BCUT2D eigenvalue weighted by Gasteiger charge is -2.18. The molecule has 1 unspecified atom stereocenters. The summed E-state index contributed by atoms with van der Waals surface area (Å²) in [6.07, 6.45) is -5.52. The highest BCUT2D eigenvalue weighted by Crippen LogP contribution is 2.31. The van der Waals surface area contributed by atoms with E-state index in [4.69, 9.17) is 10.5 Å². The summed E-state index contributed by atoms with van der Waals surface area (Å²) in [5.41, 5.74) is 4.80. The maximum absolute atomic E-state index is 12.6. The quantitative estimate of drug-likeness (QED) is 0.685. The van der Waals surface area contributed by atoms with Crippen molar-refractivity contribution in [2.75, 3.05) is 13.2 Å². The van der Waals surface area contributed by atoms with Crippen LogP contribution in [0.4, 0.5) is 13.2 Å². The summed E-state index contributed by atoms with van der Waals surface area (Å²) in [4.78, 5) is 11.6. The van der Waals surface area contributed by atoms with Gasteiger partial charge in [0, 0.05) is 6.54 Å². The van der Waals surface area contributed by atoms with Crippen LogP contribution in [0.5, 0.6) is 5.75 Å². The normalized spacial score (nSPS) is 13.8. The molecule has 4 N–H and O–H groups in total. The van der Waals surface area contributed by atoms with Crippen LogP contribution in [0, 0.1) is 5.92 Å². The van der Waals surface area contributed by atoms with E-state index in [9.17, 15) is 23.1 Å². The second-order valence-electron chi connectivity index (χ2n) is 5.51. The molecule has 5 nitrogen and oxygen atoms in total. The minimum Gasteiger partial charge on any atom is -0.491 e. The standard InChI is InChI=1S/C15H21F3N2O3.ClH/c1-9(2)13(19)14(22)20-7-11(21)8-23-12-5-3-4-10(6-12)15(16,17)18;/h3-6,9,11,13,21H,7-8,19H2,1-2H3,(H,20,22);1H/t11?,13-;/m0./s1. The Morgan fingerprint density at radius 3 is 2.54 bits per heavy atom. The van der Waals surface area contributed by atoms with Gasteiger partial charge < -0.3 is 20.9 Å². The van der Waals surface area contributed by atoms with Gasteiger partial charge in [-0.1, -0.05) is 19.9 Å². The number of aliphatic hydroxyl groups is 1. The van der Waals surface area contributed by atoms with Crippen molar-refractivity contribution in [2.45, 2.75) is 32.2 Å². The molecular formula is C15H22ClF3N2O3. The third-order valence-electron chi connectivity index (χ3n) is 3.14. The molecular weight excluding hydrogens is 349 g/mol. The average molecular weight is 371 g/mol. The average Bonchev–Trinajstić information content (AvgIpc) is 2.49. The van der Waals surface area contributed by atoms with E-state index in [2.05, 4.69) is 5.32 Å². The van der Waals surface area contributed by atoms with Crippen molar-refractivity contribution in [2.24, 2.45) is 11.7 Å². The molecule has 0 saturated heterocycles. The molecule has 9 heteroatoms. The van der Waals surface area contributed by atoms with Gasteiger partial charge in [-0.05, 0) is 24.1 Å². The largest absolute Gasteiger partial charge is 0.491 e. The van der Waals surface area contributed by atoms with Crippen molar-refractivity contribution >= 4 is 18.3 Å². The number of halogens is 4. The van der Waals surface area contributed by atoms with Crippen LogP contribution < -0.4 is 15.8 Å². The molecule has 1 rings (SSSR count). The predicted octanol–water partition coefficient (Wildman–Crippen LogP) is 1.97. The van der Waals surface area contributed by atoms with E-state index in [0.29, 0.717) is 0 Å². The van der Waals surface area contributed by atoms with E-state index in [-0.39, 0.29) is 37.2 Å². The van der Waals surface area contributed by atoms with Crippen molar-refractivity contribution in [3.8, 4) is 5.75 Å². The number of ether oxygens (including phenoxy) is 1. The van der Waals surface area contributed by atoms with Crippen molar-refractivity contribution in [1.82, 2.24) is 5.32 Å². The fourth-order valence-corrected chi connectivity index (χ4v) is 1.65. The van der Waals surface area contributed by atoms with Gasteiger partial charge in [0.15, 0.2) is 0 Å². The summed E-state index contributed by atoms with van der Waals surface area (Å²) < 4.78 is 42.8. The minimum atomic E-state index is -4.46. The number of nitrogens with two attached hydrogens (primary N) is 1. The number of carbonyl (C=O) groups excluding carboxylic acids is 1. The van der Waals surface area contributed by atoms with Gasteiger partial charge in [0.25, 0.3) is 0 Å². The summed E-state index contributed by atoms with van der Waals surface area (Å²) >= 11 is 0. The van der Waals surface area contributed by atoms with Crippen molar-refractivity contribution in [3.63, 3.8) is 0 Å². The van der Waals surface area contributed by atoms with Crippen molar-refractivity contribution in [3.05, 3.63) is 29.8 Å². The van der Waals surface area contributed by atoms with Crippen LogP contribution in [-0.2, 0) is 11.0 Å². The lowest BCUT2D eigenvalue weighted by atomic mass is 10.1. The number of nitrogens with one attached hydrogen (secondary N) is 1. The number of hydrogen-bond acceptors (Lipinski definition) is 4. The molecule has 1 amide bonds. The molecule has 1 aromatic carbocycles. The maximum Gasteiger partial charge on any atom is 0.416 e. The van der Waals surface area contributed by atoms with Gasteiger partial charge in [-0.15, -0.1) is 12.4 Å². The molecule has 1 aromatic rings. The Balaban J connectivity index is 0.00000529. The number of hydrogen-bond donors (Lipinski definition) is 3. The lowest BCUT2D eigenvalue weighted by molar-refractivity contribution is -0.137. The first kappa shape index (κ1) is 22.5. The lowest BCUT2D eigenvalue weighted by Crippen LogP contribution is -2.46. The molecule has 0 aliphatic heterocycles. The molecule has 0 heterocycles. The zero-order valence-electron chi connectivity index (χ0n) is 13.3. The van der Waals surface area contributed by atoms with Gasteiger partial charge in [-0.25, -0.2) is 0 Å². The van der Waals surface area contributed by atoms with Gasteiger partial charge in [-0.3, -0.25) is 4.79 Å². The highest BCUT2D eigenvalue weighted by Gasteiger charge is 2.30. The van der Waals surface area contributed by atoms with Crippen LogP contribution in [0.2, 0.25) is 0 Å². The van der Waals surface area contributed by atoms with Gasteiger partial charge in [0.1, 0.15) is 18.5 Å². The molecule has 0 aliphatic rings. The molecule has 138 valence electrons. The molecule has 24 heavy (non-hydrogen) atoms. The molecule has 0 saturated carbocycles. The number of amides is 1. The van der Waals surface area contributed by atoms with Crippen LogP contribution >= 0.6 is 12.4 Å². The summed E-state index contributed by atoms with van der Waals surface area (Å²) in [5.74, 6) is -0.462. The van der Waals surface area contributed by atoms with E-state index in [1.807, 2.05) is 0 Å². The molecule has 0 radical (unpaired) electrons. The predicted molar refractivity (Wildman–Crippen MR) is 86.0 cm³/mol. The van der Waals surface area contributed by atoms with E-state index < -0.39 is 29.8 Å². The van der Waals surface area contributed by atoms with Crippen LogP contribution in [0.15, 0.2) is 24.3 Å². The van der Waals surface area contributed by atoms with Crippen molar-refractivity contribution < 1.29 is 27.8 Å². The Kier molecular flexibility index (Phi) is 9.09. The van der Waals surface area contributed by atoms with Gasteiger partial charge in [0.2, 0.25) is 5.91 Å². The summed E-state index contributed by atoms with van der Waals surface area (Å²) in [6, 6.07) is 3.66. The fraction of sp³-hybridized carbons (Fsp3) is 0.533.